The van der Waals surface area contributed by atoms with Crippen molar-refractivity contribution < 1.29 is 60.6 Å². The van der Waals surface area contributed by atoms with Gasteiger partial charge in [0.25, 0.3) is 5.56 Å². The van der Waals surface area contributed by atoms with Crippen LogP contribution in [0.25, 0.3) is 0 Å². The molecule has 2 aliphatic rings. The highest BCUT2D eigenvalue weighted by Gasteiger charge is 2.64. The summed E-state index contributed by atoms with van der Waals surface area (Å²) >= 11 is 4.95. The van der Waals surface area contributed by atoms with E-state index in [0.717, 1.165) is 10.8 Å². The lowest BCUT2D eigenvalue weighted by Gasteiger charge is -2.20. The van der Waals surface area contributed by atoms with Crippen LogP contribution in [0.1, 0.15) is 6.23 Å². The molecule has 2 aliphatic heterocycles. The first-order chi connectivity index (χ1) is 14.1. The van der Waals surface area contributed by atoms with Crippen molar-refractivity contribution in [1.82, 2.24) is 14.9 Å². The normalized spacial score (nSPS) is 32.0. The van der Waals surface area contributed by atoms with Gasteiger partial charge in [0.2, 0.25) is 5.82 Å². The van der Waals surface area contributed by atoms with Gasteiger partial charge in [-0.2, -0.15) is 13.0 Å². The molecule has 31 heavy (non-hydrogen) atoms. The molecule has 0 amide bonds. The molecular weight excluding hydrogens is 514 g/mol. The Morgan fingerprint density at radius 3 is 2.42 bits per heavy atom. The van der Waals surface area contributed by atoms with Crippen LogP contribution >= 0.6 is 35.7 Å². The van der Waals surface area contributed by atoms with Gasteiger partial charge >= 0.3 is 23.5 Å². The zero-order valence-corrected chi connectivity index (χ0v) is 18.3. The first-order valence-corrected chi connectivity index (χ1v) is 12.9. The lowest BCUT2D eigenvalue weighted by Crippen LogP contribution is -2.39. The maximum Gasteiger partial charge on any atom is 0.490 e. The Hall–Kier alpha value is -0.680. The predicted octanol–water partition coefficient (Wildman–Crippen LogP) is -1.01. The summed E-state index contributed by atoms with van der Waals surface area (Å²) in [5.41, 5.74) is -2.30. The van der Waals surface area contributed by atoms with Crippen molar-refractivity contribution >= 4 is 35.7 Å². The second kappa shape index (κ2) is 8.27. The topological polar surface area (TPSA) is 249 Å². The Kier molecular flexibility index (Phi) is 6.66. The maximum absolute atomic E-state index is 13.7. The number of rotatable bonds is 8. The Balaban J connectivity index is 1.73. The summed E-state index contributed by atoms with van der Waals surface area (Å²) in [5.74, 6) is -1.20. The van der Waals surface area contributed by atoms with E-state index in [0.29, 0.717) is 0 Å². The fourth-order valence-electron chi connectivity index (χ4n) is 2.88. The number of phosphoric ester groups is 1. The highest BCUT2D eigenvalue weighted by Crippen LogP contribution is 2.66. The second-order valence-corrected chi connectivity index (χ2v) is 11.2. The number of halogens is 1. The van der Waals surface area contributed by atoms with Crippen LogP contribution in [0, 0.1) is 10.6 Å². The van der Waals surface area contributed by atoms with E-state index < -0.39 is 65.4 Å². The van der Waals surface area contributed by atoms with Gasteiger partial charge in [-0.05, 0) is 12.2 Å². The van der Waals surface area contributed by atoms with Crippen molar-refractivity contribution in [3.63, 3.8) is 0 Å². The number of nitrogens with zero attached hydrogens (tertiary/aromatic N) is 1. The minimum Gasteiger partial charge on any atom is -0.388 e. The SMILES string of the molecule is O=c1[nH]c(=S)n(C2O[C@H](COP(=O)(O)OP(=O)(O)OP(=O)(O)O)C(O)[C@@]23CN3)cc1F. The minimum absolute atomic E-state index is 0.146. The summed E-state index contributed by atoms with van der Waals surface area (Å²) in [6.45, 7) is -0.781. The lowest BCUT2D eigenvalue weighted by molar-refractivity contribution is -0.0458. The van der Waals surface area contributed by atoms with Crippen LogP contribution in [0.5, 0.6) is 0 Å². The van der Waals surface area contributed by atoms with Crippen LogP contribution in [0.15, 0.2) is 11.0 Å². The maximum atomic E-state index is 13.7. The van der Waals surface area contributed by atoms with Gasteiger partial charge in [-0.1, -0.05) is 0 Å². The van der Waals surface area contributed by atoms with Crippen molar-refractivity contribution in [2.45, 2.75) is 24.0 Å². The van der Waals surface area contributed by atoms with E-state index in [9.17, 15) is 32.9 Å². The molecule has 7 N–H and O–H groups in total. The summed E-state index contributed by atoms with van der Waals surface area (Å²) < 4.78 is 65.3. The van der Waals surface area contributed by atoms with Crippen LogP contribution in [0.2, 0.25) is 0 Å². The number of phosphoric acid groups is 3. The average molecular weight is 529 g/mol. The Labute approximate surface area is 176 Å². The number of ether oxygens (including phenoxy) is 1. The summed E-state index contributed by atoms with van der Waals surface area (Å²) in [4.78, 5) is 49.0. The highest BCUT2D eigenvalue weighted by atomic mass is 32.1. The molecule has 2 fully saturated rings. The van der Waals surface area contributed by atoms with E-state index in [1.54, 1.807) is 0 Å². The molecule has 0 radical (unpaired) electrons. The first-order valence-electron chi connectivity index (χ1n) is 7.93. The number of aromatic amines is 1. The third-order valence-electron chi connectivity index (χ3n) is 4.20. The third-order valence-corrected chi connectivity index (χ3v) is 8.32. The van der Waals surface area contributed by atoms with Gasteiger partial charge in [0, 0.05) is 6.54 Å². The van der Waals surface area contributed by atoms with Crippen molar-refractivity contribution in [3.05, 3.63) is 27.1 Å². The summed E-state index contributed by atoms with van der Waals surface area (Å²) in [7, 11) is -16.7. The summed E-state index contributed by atoms with van der Waals surface area (Å²) in [5, 5.41) is 13.3. The van der Waals surface area contributed by atoms with Gasteiger partial charge in [0.15, 0.2) is 11.0 Å². The number of aliphatic hydroxyl groups is 1. The molecule has 176 valence electrons. The van der Waals surface area contributed by atoms with E-state index in [-0.39, 0.29) is 11.3 Å². The first kappa shape index (κ1) is 25.0. The third kappa shape index (κ3) is 5.63. The lowest BCUT2D eigenvalue weighted by atomic mass is 10.00. The predicted molar refractivity (Wildman–Crippen MR) is 96.3 cm³/mol. The number of nitrogens with one attached hydrogen (secondary N) is 2. The van der Waals surface area contributed by atoms with Gasteiger partial charge in [-0.25, -0.2) is 13.7 Å². The molecule has 4 unspecified atom stereocenters. The fourth-order valence-corrected chi connectivity index (χ4v) is 6.15. The number of aromatic nitrogens is 2. The van der Waals surface area contributed by atoms with Crippen molar-refractivity contribution in [2.75, 3.05) is 13.2 Å². The van der Waals surface area contributed by atoms with E-state index in [1.807, 2.05) is 0 Å². The molecule has 21 heteroatoms. The van der Waals surface area contributed by atoms with E-state index in [4.69, 9.17) is 31.6 Å². The molecule has 0 aliphatic carbocycles. The molecule has 0 aromatic carbocycles. The zero-order chi connectivity index (χ0) is 23.4. The summed E-state index contributed by atoms with van der Waals surface area (Å²) in [6.07, 6.45) is -3.26. The molecule has 1 aromatic rings. The fraction of sp³-hybridized carbons (Fsp3) is 0.600. The van der Waals surface area contributed by atoms with Crippen LogP contribution in [-0.4, -0.2) is 65.1 Å². The molecule has 3 rings (SSSR count). The Bertz CT molecular complexity index is 1130. The van der Waals surface area contributed by atoms with Crippen LogP contribution in [-0.2, 0) is 31.6 Å². The molecule has 1 spiro atoms. The zero-order valence-electron chi connectivity index (χ0n) is 14.8. The Morgan fingerprint density at radius 1 is 1.26 bits per heavy atom. The van der Waals surface area contributed by atoms with Gasteiger partial charge in [-0.15, -0.1) is 0 Å². The average Bonchev–Trinajstić information content (AvgIpc) is 3.31. The van der Waals surface area contributed by atoms with E-state index >= 15 is 0 Å². The number of hydrogen-bond donors (Lipinski definition) is 7. The summed E-state index contributed by atoms with van der Waals surface area (Å²) in [6, 6.07) is 0. The highest BCUT2D eigenvalue weighted by molar-refractivity contribution is 7.71. The monoisotopic (exact) mass is 529 g/mol. The smallest absolute Gasteiger partial charge is 0.388 e. The van der Waals surface area contributed by atoms with Crippen LogP contribution in [0.4, 0.5) is 4.39 Å². The quantitative estimate of drug-likeness (QED) is 0.121. The molecule has 0 saturated carbocycles. The van der Waals surface area contributed by atoms with E-state index in [2.05, 4.69) is 23.4 Å². The number of H-pyrrole nitrogens is 1. The largest absolute Gasteiger partial charge is 0.490 e. The second-order valence-electron chi connectivity index (χ2n) is 6.40. The number of aliphatic hydroxyl groups excluding tert-OH is 1. The van der Waals surface area contributed by atoms with Crippen LogP contribution in [0.3, 0.4) is 0 Å². The standard InChI is InChI=1S/C10H15FN3O13P3S/c11-4-1-14(9(31)13-7(4)16)8-10(3-12-10)6(15)5(25-8)2-24-29(20,21)27-30(22,23)26-28(17,18)19/h1,5-6,8,12,15H,2-3H2,(H,20,21)(H,22,23)(H,13,16,31)(H2,17,18,19)/t5-,6?,8?,10+/m1/s1. The molecule has 3 heterocycles. The van der Waals surface area contributed by atoms with Gasteiger partial charge in [0.1, 0.15) is 17.7 Å². The van der Waals surface area contributed by atoms with Crippen molar-refractivity contribution in [1.29, 1.82) is 0 Å². The van der Waals surface area contributed by atoms with Crippen molar-refractivity contribution in [3.8, 4) is 0 Å². The molecule has 1 aromatic heterocycles. The molecule has 0 bridgehead atoms. The van der Waals surface area contributed by atoms with E-state index in [1.165, 1.54) is 0 Å². The van der Waals surface area contributed by atoms with Gasteiger partial charge < -0.3 is 34.7 Å². The molecular formula is C10H15FN3O13P3S. The minimum atomic E-state index is -5.71. The Morgan fingerprint density at radius 2 is 1.87 bits per heavy atom. The van der Waals surface area contributed by atoms with Crippen molar-refractivity contribution in [2.24, 2.45) is 0 Å². The number of hydrogen-bond acceptors (Lipinski definition) is 11. The van der Waals surface area contributed by atoms with Gasteiger partial charge in [-0.3, -0.25) is 18.9 Å². The van der Waals surface area contributed by atoms with Gasteiger partial charge in [0.05, 0.1) is 12.8 Å². The molecule has 2 saturated heterocycles. The molecule has 6 atom stereocenters. The van der Waals surface area contributed by atoms with Crippen LogP contribution < -0.4 is 10.9 Å². The molecule has 16 nitrogen and oxygen atoms in total.